The quantitative estimate of drug-likeness (QED) is 0.835. The summed E-state index contributed by atoms with van der Waals surface area (Å²) in [6.45, 7) is 0.306. The molecular weight excluding hydrogens is 328 g/mol. The average molecular weight is 350 g/mol. The number of methoxy groups -OCH3 is 1. The first-order valence-corrected chi connectivity index (χ1v) is 8.95. The number of rotatable bonds is 4. The van der Waals surface area contributed by atoms with Gasteiger partial charge in [0.05, 0.1) is 13.2 Å². The van der Waals surface area contributed by atoms with E-state index in [-0.39, 0.29) is 18.2 Å². The summed E-state index contributed by atoms with van der Waals surface area (Å²) in [6, 6.07) is 13.8. The minimum Gasteiger partial charge on any atom is -0.494 e. The van der Waals surface area contributed by atoms with E-state index in [1.165, 1.54) is 0 Å². The van der Waals surface area contributed by atoms with Crippen molar-refractivity contribution in [2.45, 2.75) is 38.0 Å². The van der Waals surface area contributed by atoms with E-state index in [1.807, 2.05) is 47.4 Å². The number of carbonyl (C=O) groups excluding carboxylic acids is 1. The molecule has 2 bridgehead atoms. The molecular formula is C21H22N2O3. The second-order valence-electron chi connectivity index (χ2n) is 6.70. The largest absolute Gasteiger partial charge is 0.494 e. The monoisotopic (exact) mass is 350 g/mol. The van der Waals surface area contributed by atoms with Crippen LogP contribution in [0, 0.1) is 0 Å². The third kappa shape index (κ3) is 3.17. The molecule has 0 radical (unpaired) electrons. The van der Waals surface area contributed by atoms with E-state index in [0.29, 0.717) is 6.61 Å². The van der Waals surface area contributed by atoms with Gasteiger partial charge in [-0.25, -0.2) is 4.79 Å². The van der Waals surface area contributed by atoms with Gasteiger partial charge in [0.25, 0.3) is 0 Å². The Hall–Kier alpha value is -2.82. The highest BCUT2D eigenvalue weighted by atomic mass is 16.6. The fourth-order valence-electron chi connectivity index (χ4n) is 3.88. The molecule has 5 heteroatoms. The minimum absolute atomic E-state index is 0.0683. The Kier molecular flexibility index (Phi) is 4.61. The fraction of sp³-hybridized carbons (Fsp3) is 0.333. The van der Waals surface area contributed by atoms with E-state index in [1.54, 1.807) is 13.3 Å². The van der Waals surface area contributed by atoms with Crippen LogP contribution in [-0.4, -0.2) is 35.2 Å². The van der Waals surface area contributed by atoms with E-state index in [9.17, 15) is 4.79 Å². The molecule has 1 fully saturated rings. The van der Waals surface area contributed by atoms with E-state index in [0.717, 1.165) is 41.8 Å². The number of carbonyl (C=O) groups is 1. The van der Waals surface area contributed by atoms with Crippen LogP contribution in [-0.2, 0) is 11.3 Å². The highest BCUT2D eigenvalue weighted by Crippen LogP contribution is 2.40. The molecule has 2 unspecified atom stereocenters. The summed E-state index contributed by atoms with van der Waals surface area (Å²) in [6.07, 6.45) is 6.43. The molecule has 2 aliphatic rings. The van der Waals surface area contributed by atoms with Crippen LogP contribution < -0.4 is 4.74 Å². The molecule has 1 saturated heterocycles. The van der Waals surface area contributed by atoms with Gasteiger partial charge in [0, 0.05) is 12.2 Å². The Morgan fingerprint density at radius 2 is 2.04 bits per heavy atom. The predicted octanol–water partition coefficient (Wildman–Crippen LogP) is 4.05. The standard InChI is InChI=1S/C21H22N2O3/c1-25-19-8-5-11-22-20(19)16-12-17-9-10-18(13-16)23(17)21(24)26-14-15-6-3-2-4-7-15/h2-8,11-12,17-18H,9-10,13-14H2,1H3. The second-order valence-corrected chi connectivity index (χ2v) is 6.70. The van der Waals surface area contributed by atoms with Crippen LogP contribution in [0.25, 0.3) is 5.57 Å². The summed E-state index contributed by atoms with van der Waals surface area (Å²) in [7, 11) is 1.66. The Morgan fingerprint density at radius 1 is 1.19 bits per heavy atom. The fourth-order valence-corrected chi connectivity index (χ4v) is 3.88. The highest BCUT2D eigenvalue weighted by Gasteiger charge is 2.41. The lowest BCUT2D eigenvalue weighted by atomic mass is 9.98. The zero-order valence-corrected chi connectivity index (χ0v) is 14.8. The molecule has 2 atom stereocenters. The lowest BCUT2D eigenvalue weighted by molar-refractivity contribution is 0.0832. The summed E-state index contributed by atoms with van der Waals surface area (Å²) < 4.78 is 11.0. The van der Waals surface area contributed by atoms with Crippen LogP contribution in [0.1, 0.15) is 30.5 Å². The number of amides is 1. The van der Waals surface area contributed by atoms with E-state index >= 15 is 0 Å². The Bertz CT molecular complexity index is 819. The maximum absolute atomic E-state index is 12.6. The molecule has 0 spiro atoms. The number of fused-ring (bicyclic) bond motifs is 2. The zero-order chi connectivity index (χ0) is 17.9. The predicted molar refractivity (Wildman–Crippen MR) is 98.7 cm³/mol. The number of hydrogen-bond donors (Lipinski definition) is 0. The van der Waals surface area contributed by atoms with Crippen molar-refractivity contribution in [3.05, 3.63) is 66.0 Å². The summed E-state index contributed by atoms with van der Waals surface area (Å²) >= 11 is 0. The molecule has 0 N–H and O–H groups in total. The smallest absolute Gasteiger partial charge is 0.410 e. The molecule has 4 rings (SSSR count). The summed E-state index contributed by atoms with van der Waals surface area (Å²) in [4.78, 5) is 19.0. The van der Waals surface area contributed by atoms with Gasteiger partial charge in [-0.2, -0.15) is 0 Å². The number of nitrogens with zero attached hydrogens (tertiary/aromatic N) is 2. The summed E-state index contributed by atoms with van der Waals surface area (Å²) in [5, 5.41) is 0. The van der Waals surface area contributed by atoms with Crippen molar-refractivity contribution in [2.24, 2.45) is 0 Å². The van der Waals surface area contributed by atoms with Gasteiger partial charge in [-0.15, -0.1) is 0 Å². The van der Waals surface area contributed by atoms with Gasteiger partial charge >= 0.3 is 6.09 Å². The molecule has 0 saturated carbocycles. The number of benzene rings is 1. The van der Waals surface area contributed by atoms with Crippen molar-refractivity contribution >= 4 is 11.7 Å². The van der Waals surface area contributed by atoms with Gasteiger partial charge in [-0.3, -0.25) is 9.88 Å². The van der Waals surface area contributed by atoms with Gasteiger partial charge in [-0.05, 0) is 42.5 Å². The molecule has 3 heterocycles. The average Bonchev–Trinajstić information content (AvgIpc) is 2.96. The summed E-state index contributed by atoms with van der Waals surface area (Å²) in [5.74, 6) is 0.776. The number of aromatic nitrogens is 1. The van der Waals surface area contributed by atoms with Crippen molar-refractivity contribution in [1.29, 1.82) is 0 Å². The SMILES string of the molecule is COc1cccnc1C1=CC2CCC(C1)N2C(=O)OCc1ccccc1. The van der Waals surface area contributed by atoms with Crippen LogP contribution in [0.5, 0.6) is 5.75 Å². The lowest BCUT2D eigenvalue weighted by Crippen LogP contribution is -2.43. The molecule has 134 valence electrons. The van der Waals surface area contributed by atoms with Gasteiger partial charge in [-0.1, -0.05) is 36.4 Å². The van der Waals surface area contributed by atoms with Gasteiger partial charge < -0.3 is 9.47 Å². The topological polar surface area (TPSA) is 51.7 Å². The first-order valence-electron chi connectivity index (χ1n) is 8.95. The first kappa shape index (κ1) is 16.6. The van der Waals surface area contributed by atoms with Gasteiger partial charge in [0.1, 0.15) is 18.1 Å². The van der Waals surface area contributed by atoms with Crippen molar-refractivity contribution in [3.63, 3.8) is 0 Å². The second kappa shape index (κ2) is 7.20. The lowest BCUT2D eigenvalue weighted by Gasteiger charge is -2.33. The molecule has 1 aromatic carbocycles. The minimum atomic E-state index is -0.232. The number of ether oxygens (including phenoxy) is 2. The third-order valence-corrected chi connectivity index (χ3v) is 5.11. The molecule has 26 heavy (non-hydrogen) atoms. The highest BCUT2D eigenvalue weighted by molar-refractivity contribution is 5.75. The molecule has 2 aromatic rings. The molecule has 5 nitrogen and oxygen atoms in total. The molecule has 1 aromatic heterocycles. The zero-order valence-electron chi connectivity index (χ0n) is 14.8. The van der Waals surface area contributed by atoms with Crippen LogP contribution in [0.2, 0.25) is 0 Å². The maximum Gasteiger partial charge on any atom is 0.410 e. The third-order valence-electron chi connectivity index (χ3n) is 5.11. The van der Waals surface area contributed by atoms with E-state index < -0.39 is 0 Å². The molecule has 1 amide bonds. The first-order chi connectivity index (χ1) is 12.8. The Labute approximate surface area is 153 Å². The Morgan fingerprint density at radius 3 is 2.81 bits per heavy atom. The van der Waals surface area contributed by atoms with Gasteiger partial charge in [0.15, 0.2) is 0 Å². The maximum atomic E-state index is 12.6. The molecule has 0 aliphatic carbocycles. The van der Waals surface area contributed by atoms with Crippen molar-refractivity contribution in [1.82, 2.24) is 9.88 Å². The van der Waals surface area contributed by atoms with Crippen LogP contribution in [0.15, 0.2) is 54.7 Å². The van der Waals surface area contributed by atoms with Crippen molar-refractivity contribution in [3.8, 4) is 5.75 Å². The summed E-state index contributed by atoms with van der Waals surface area (Å²) in [5.41, 5.74) is 3.03. The van der Waals surface area contributed by atoms with Crippen LogP contribution >= 0.6 is 0 Å². The molecule has 2 aliphatic heterocycles. The van der Waals surface area contributed by atoms with Gasteiger partial charge in [0.2, 0.25) is 0 Å². The number of hydrogen-bond acceptors (Lipinski definition) is 4. The normalized spacial score (nSPS) is 21.3. The Balaban J connectivity index is 1.49. The van der Waals surface area contributed by atoms with Crippen LogP contribution in [0.4, 0.5) is 4.79 Å². The van der Waals surface area contributed by atoms with Crippen molar-refractivity contribution < 1.29 is 14.3 Å². The van der Waals surface area contributed by atoms with E-state index in [4.69, 9.17) is 9.47 Å². The van der Waals surface area contributed by atoms with E-state index in [2.05, 4.69) is 11.1 Å². The van der Waals surface area contributed by atoms with Crippen molar-refractivity contribution in [2.75, 3.05) is 7.11 Å². The number of pyridine rings is 1. The van der Waals surface area contributed by atoms with Crippen LogP contribution in [0.3, 0.4) is 0 Å².